The van der Waals surface area contributed by atoms with Crippen molar-refractivity contribution < 1.29 is 19.1 Å². The second-order valence-corrected chi connectivity index (χ2v) is 8.57. The van der Waals surface area contributed by atoms with Crippen molar-refractivity contribution in [1.82, 2.24) is 19.9 Å². The number of ether oxygens (including phenoxy) is 2. The zero-order valence-electron chi connectivity index (χ0n) is 17.9. The highest BCUT2D eigenvalue weighted by Crippen LogP contribution is 2.28. The highest BCUT2D eigenvalue weighted by Gasteiger charge is 2.21. The van der Waals surface area contributed by atoms with Crippen molar-refractivity contribution in [2.24, 2.45) is 0 Å². The van der Waals surface area contributed by atoms with Crippen molar-refractivity contribution in [3.63, 3.8) is 0 Å². The first-order valence-electron chi connectivity index (χ1n) is 10.1. The second-order valence-electron chi connectivity index (χ2n) is 7.13. The monoisotopic (exact) mass is 488 g/mol. The SMILES string of the molecule is Cc1nc(Nc2ncc(C(=O)Nc3c(C)cccc3Cl)s2)cc(OCCN2CCOC2=O)n1. The van der Waals surface area contributed by atoms with Gasteiger partial charge in [-0.2, -0.15) is 4.98 Å². The average molecular weight is 489 g/mol. The summed E-state index contributed by atoms with van der Waals surface area (Å²) in [6.07, 6.45) is 1.14. The Kier molecular flexibility index (Phi) is 6.90. The number of carbonyl (C=O) groups excluding carboxylic acids is 2. The zero-order valence-corrected chi connectivity index (χ0v) is 19.5. The Morgan fingerprint density at radius 2 is 2.18 bits per heavy atom. The van der Waals surface area contributed by atoms with E-state index < -0.39 is 0 Å². The van der Waals surface area contributed by atoms with E-state index in [-0.39, 0.29) is 18.6 Å². The van der Waals surface area contributed by atoms with Crippen LogP contribution < -0.4 is 15.4 Å². The molecule has 12 heteroatoms. The number of anilines is 3. The van der Waals surface area contributed by atoms with Gasteiger partial charge in [0.15, 0.2) is 5.13 Å². The Labute approximate surface area is 198 Å². The van der Waals surface area contributed by atoms with Gasteiger partial charge in [-0.15, -0.1) is 0 Å². The summed E-state index contributed by atoms with van der Waals surface area (Å²) in [6, 6.07) is 7.04. The minimum absolute atomic E-state index is 0.272. The van der Waals surface area contributed by atoms with Gasteiger partial charge in [-0.25, -0.2) is 14.8 Å². The molecule has 0 spiro atoms. The zero-order chi connectivity index (χ0) is 23.4. The molecule has 3 aromatic rings. The second kappa shape index (κ2) is 10.0. The Hall–Kier alpha value is -3.44. The molecule has 0 unspecified atom stereocenters. The number of benzene rings is 1. The van der Waals surface area contributed by atoms with Crippen LogP contribution in [0.1, 0.15) is 21.1 Å². The predicted octanol–water partition coefficient (Wildman–Crippen LogP) is 4.03. The molecule has 2 N–H and O–H groups in total. The van der Waals surface area contributed by atoms with E-state index in [1.807, 2.05) is 19.1 Å². The lowest BCUT2D eigenvalue weighted by molar-refractivity contribution is 0.103. The number of nitrogens with zero attached hydrogens (tertiary/aromatic N) is 4. The van der Waals surface area contributed by atoms with Crippen LogP contribution in [0.5, 0.6) is 5.88 Å². The molecule has 1 aliphatic heterocycles. The van der Waals surface area contributed by atoms with E-state index in [0.29, 0.717) is 57.9 Å². The van der Waals surface area contributed by atoms with Gasteiger partial charge in [-0.05, 0) is 25.5 Å². The van der Waals surface area contributed by atoms with Gasteiger partial charge in [-0.1, -0.05) is 35.1 Å². The maximum Gasteiger partial charge on any atom is 0.410 e. The van der Waals surface area contributed by atoms with Gasteiger partial charge in [0.05, 0.1) is 30.0 Å². The number of aryl methyl sites for hydroxylation is 2. The molecule has 0 radical (unpaired) electrons. The van der Waals surface area contributed by atoms with Gasteiger partial charge >= 0.3 is 6.09 Å². The number of para-hydroxylation sites is 1. The number of carbonyl (C=O) groups is 2. The molecular weight excluding hydrogens is 468 g/mol. The van der Waals surface area contributed by atoms with Crippen LogP contribution in [0.15, 0.2) is 30.5 Å². The number of hydrogen-bond donors (Lipinski definition) is 2. The van der Waals surface area contributed by atoms with E-state index in [2.05, 4.69) is 25.6 Å². The number of halogens is 1. The lowest BCUT2D eigenvalue weighted by Crippen LogP contribution is -2.29. The summed E-state index contributed by atoms with van der Waals surface area (Å²) in [5.74, 6) is 1.03. The molecule has 1 aliphatic rings. The topological polar surface area (TPSA) is 119 Å². The number of amides is 2. The van der Waals surface area contributed by atoms with E-state index in [4.69, 9.17) is 21.1 Å². The number of nitrogens with one attached hydrogen (secondary N) is 2. The van der Waals surface area contributed by atoms with Crippen molar-refractivity contribution in [2.75, 3.05) is 36.9 Å². The van der Waals surface area contributed by atoms with Gasteiger partial charge in [0, 0.05) is 6.07 Å². The van der Waals surface area contributed by atoms with Crippen LogP contribution in [0, 0.1) is 13.8 Å². The van der Waals surface area contributed by atoms with E-state index in [1.54, 1.807) is 24.0 Å². The lowest BCUT2D eigenvalue weighted by Gasteiger charge is -2.13. The molecule has 0 aliphatic carbocycles. The minimum atomic E-state index is -0.340. The molecule has 1 fully saturated rings. The summed E-state index contributed by atoms with van der Waals surface area (Å²) in [7, 11) is 0. The molecule has 0 atom stereocenters. The number of rotatable bonds is 8. The predicted molar refractivity (Wildman–Crippen MR) is 125 cm³/mol. The Morgan fingerprint density at radius 3 is 2.94 bits per heavy atom. The van der Waals surface area contributed by atoms with Gasteiger partial charge in [-0.3, -0.25) is 4.79 Å². The number of aromatic nitrogens is 3. The summed E-state index contributed by atoms with van der Waals surface area (Å²) < 4.78 is 10.6. The normalized spacial score (nSPS) is 13.1. The van der Waals surface area contributed by atoms with Gasteiger partial charge in [0.25, 0.3) is 5.91 Å². The minimum Gasteiger partial charge on any atom is -0.476 e. The average Bonchev–Trinajstić information content (AvgIpc) is 3.39. The molecule has 0 bridgehead atoms. The molecule has 2 aromatic heterocycles. The van der Waals surface area contributed by atoms with Crippen molar-refractivity contribution in [3.05, 3.63) is 51.7 Å². The first-order chi connectivity index (χ1) is 15.9. The number of cyclic esters (lactones) is 1. The standard InChI is InChI=1S/C21H21ClN6O4S/c1-12-4-3-5-14(22)18(12)27-19(29)15-11-23-20(33-15)26-16-10-17(25-13(2)24-16)31-8-6-28-7-9-32-21(28)30/h3-5,10-11H,6-9H2,1-2H3,(H,27,29)(H,23,24,25,26). The molecular formula is C21H21ClN6O4S. The molecule has 3 heterocycles. The van der Waals surface area contributed by atoms with Crippen LogP contribution in [0.4, 0.5) is 21.4 Å². The third-order valence-electron chi connectivity index (χ3n) is 4.70. The quantitative estimate of drug-likeness (QED) is 0.487. The van der Waals surface area contributed by atoms with Gasteiger partial charge in [0.1, 0.15) is 29.7 Å². The molecule has 33 heavy (non-hydrogen) atoms. The van der Waals surface area contributed by atoms with Crippen LogP contribution in [-0.2, 0) is 4.74 Å². The van der Waals surface area contributed by atoms with Gasteiger partial charge < -0.3 is 25.0 Å². The molecule has 4 rings (SSSR count). The molecule has 172 valence electrons. The maximum absolute atomic E-state index is 12.6. The van der Waals surface area contributed by atoms with Crippen molar-refractivity contribution in [2.45, 2.75) is 13.8 Å². The molecule has 1 aromatic carbocycles. The fourth-order valence-electron chi connectivity index (χ4n) is 3.08. The first-order valence-corrected chi connectivity index (χ1v) is 11.3. The largest absolute Gasteiger partial charge is 0.476 e. The van der Waals surface area contributed by atoms with Crippen LogP contribution in [0.2, 0.25) is 5.02 Å². The van der Waals surface area contributed by atoms with Crippen molar-refractivity contribution >= 4 is 51.6 Å². The fourth-order valence-corrected chi connectivity index (χ4v) is 4.07. The third-order valence-corrected chi connectivity index (χ3v) is 5.92. The Bertz CT molecular complexity index is 1170. The number of hydrogen-bond acceptors (Lipinski definition) is 9. The highest BCUT2D eigenvalue weighted by molar-refractivity contribution is 7.17. The van der Waals surface area contributed by atoms with E-state index >= 15 is 0 Å². The molecule has 10 nitrogen and oxygen atoms in total. The molecule has 1 saturated heterocycles. The first kappa shape index (κ1) is 22.7. The Morgan fingerprint density at radius 1 is 1.33 bits per heavy atom. The van der Waals surface area contributed by atoms with E-state index in [0.717, 1.165) is 5.56 Å². The summed E-state index contributed by atoms with van der Waals surface area (Å²) in [5.41, 5.74) is 1.44. The lowest BCUT2D eigenvalue weighted by atomic mass is 10.2. The maximum atomic E-state index is 12.6. The fraction of sp³-hybridized carbons (Fsp3) is 0.286. The van der Waals surface area contributed by atoms with Gasteiger partial charge in [0.2, 0.25) is 5.88 Å². The third kappa shape index (κ3) is 5.68. The summed E-state index contributed by atoms with van der Waals surface area (Å²) >= 11 is 7.37. The smallest absolute Gasteiger partial charge is 0.410 e. The van der Waals surface area contributed by atoms with Crippen LogP contribution in [0.25, 0.3) is 0 Å². The number of thiazole rings is 1. The molecule has 2 amide bonds. The summed E-state index contributed by atoms with van der Waals surface area (Å²) in [4.78, 5) is 38.9. The van der Waals surface area contributed by atoms with Crippen molar-refractivity contribution in [3.8, 4) is 5.88 Å². The van der Waals surface area contributed by atoms with Crippen molar-refractivity contribution in [1.29, 1.82) is 0 Å². The Balaban J connectivity index is 1.38. The highest BCUT2D eigenvalue weighted by atomic mass is 35.5. The summed E-state index contributed by atoms with van der Waals surface area (Å²) in [5, 5.41) is 6.86. The van der Waals surface area contributed by atoms with E-state index in [9.17, 15) is 9.59 Å². The summed E-state index contributed by atoms with van der Waals surface area (Å²) in [6.45, 7) is 5.23. The van der Waals surface area contributed by atoms with Crippen LogP contribution in [-0.4, -0.2) is 58.2 Å². The van der Waals surface area contributed by atoms with Crippen LogP contribution in [0.3, 0.4) is 0 Å². The molecule has 0 saturated carbocycles. The van der Waals surface area contributed by atoms with E-state index in [1.165, 1.54) is 17.5 Å². The van der Waals surface area contributed by atoms with Crippen LogP contribution >= 0.6 is 22.9 Å².